The third-order valence-corrected chi connectivity index (χ3v) is 6.20. The second kappa shape index (κ2) is 10.1. The molecule has 1 heterocycles. The van der Waals surface area contributed by atoms with Crippen molar-refractivity contribution in [1.82, 2.24) is 5.32 Å². The van der Waals surface area contributed by atoms with Gasteiger partial charge in [-0.1, -0.05) is 48.5 Å². The minimum Gasteiger partial charge on any atom is -0.460 e. The normalized spacial score (nSPS) is 20.4. The first-order chi connectivity index (χ1) is 16.0. The molecular formula is C27H28FNO4. The van der Waals surface area contributed by atoms with Crippen molar-refractivity contribution in [2.24, 2.45) is 0 Å². The Bertz CT molecular complexity index is 1110. The van der Waals surface area contributed by atoms with Gasteiger partial charge < -0.3 is 14.8 Å². The molecule has 0 bridgehead atoms. The van der Waals surface area contributed by atoms with Crippen LogP contribution < -0.4 is 5.32 Å². The summed E-state index contributed by atoms with van der Waals surface area (Å²) in [5.74, 6) is -1.90. The van der Waals surface area contributed by atoms with Crippen LogP contribution in [0, 0.1) is 5.82 Å². The topological polar surface area (TPSA) is 64.6 Å². The van der Waals surface area contributed by atoms with Gasteiger partial charge >= 0.3 is 5.97 Å². The van der Waals surface area contributed by atoms with Crippen molar-refractivity contribution in [2.45, 2.75) is 38.5 Å². The molecule has 2 atom stereocenters. The molecule has 0 saturated carbocycles. The van der Waals surface area contributed by atoms with Crippen molar-refractivity contribution >= 4 is 11.8 Å². The zero-order valence-corrected chi connectivity index (χ0v) is 18.9. The molecule has 172 valence electrons. The van der Waals surface area contributed by atoms with Gasteiger partial charge in [-0.2, -0.15) is 0 Å². The smallest absolute Gasteiger partial charge is 0.336 e. The van der Waals surface area contributed by atoms with Crippen molar-refractivity contribution in [2.75, 3.05) is 19.8 Å². The molecule has 1 aliphatic carbocycles. The highest BCUT2D eigenvalue weighted by atomic mass is 19.1. The molecule has 0 amide bonds. The second-order valence-electron chi connectivity index (χ2n) is 8.28. The SMILES string of the molecule is CCOCCOC(=O)C1=C(C)NC2=C(C(=O)C[C@@H](c3ccccc3)C2)[C@@H]1c1ccccc1F. The molecule has 5 nitrogen and oxygen atoms in total. The summed E-state index contributed by atoms with van der Waals surface area (Å²) in [7, 11) is 0. The number of esters is 1. The van der Waals surface area contributed by atoms with Gasteiger partial charge in [0.15, 0.2) is 5.78 Å². The highest BCUT2D eigenvalue weighted by Crippen LogP contribution is 2.46. The summed E-state index contributed by atoms with van der Waals surface area (Å²) in [6.45, 7) is 4.51. The van der Waals surface area contributed by atoms with E-state index < -0.39 is 17.7 Å². The lowest BCUT2D eigenvalue weighted by molar-refractivity contribution is -0.140. The van der Waals surface area contributed by atoms with Crippen LogP contribution in [0.5, 0.6) is 0 Å². The zero-order chi connectivity index (χ0) is 23.4. The summed E-state index contributed by atoms with van der Waals surface area (Å²) in [5, 5.41) is 3.28. The van der Waals surface area contributed by atoms with Gasteiger partial charge in [-0.05, 0) is 37.8 Å². The van der Waals surface area contributed by atoms with Crippen LogP contribution in [0.3, 0.4) is 0 Å². The number of ether oxygens (including phenoxy) is 2. The Morgan fingerprint density at radius 3 is 2.52 bits per heavy atom. The summed E-state index contributed by atoms with van der Waals surface area (Å²) >= 11 is 0. The number of carbonyl (C=O) groups excluding carboxylic acids is 2. The first-order valence-electron chi connectivity index (χ1n) is 11.3. The number of halogens is 1. The average molecular weight is 450 g/mol. The van der Waals surface area contributed by atoms with Crippen LogP contribution >= 0.6 is 0 Å². The lowest BCUT2D eigenvalue weighted by Gasteiger charge is -2.36. The number of carbonyl (C=O) groups is 2. The molecule has 0 saturated heterocycles. The molecule has 2 aliphatic rings. The molecule has 6 heteroatoms. The first-order valence-corrected chi connectivity index (χ1v) is 11.3. The molecule has 0 unspecified atom stereocenters. The first kappa shape index (κ1) is 22.9. The summed E-state index contributed by atoms with van der Waals surface area (Å²) in [6, 6.07) is 16.2. The summed E-state index contributed by atoms with van der Waals surface area (Å²) in [5.41, 5.74) is 3.43. The fraction of sp³-hybridized carbons (Fsp3) is 0.333. The van der Waals surface area contributed by atoms with Gasteiger partial charge in [0, 0.05) is 35.6 Å². The summed E-state index contributed by atoms with van der Waals surface area (Å²) in [4.78, 5) is 26.6. The number of benzene rings is 2. The molecule has 0 radical (unpaired) electrons. The van der Waals surface area contributed by atoms with E-state index in [0.717, 1.165) is 11.3 Å². The molecule has 1 aliphatic heterocycles. The van der Waals surface area contributed by atoms with E-state index in [4.69, 9.17) is 9.47 Å². The Morgan fingerprint density at radius 1 is 1.06 bits per heavy atom. The van der Waals surface area contributed by atoms with Crippen LogP contribution in [0.1, 0.15) is 49.7 Å². The van der Waals surface area contributed by atoms with Crippen LogP contribution in [0.2, 0.25) is 0 Å². The number of Topliss-reactive ketones (excluding diaryl/α,β-unsaturated/α-hetero) is 1. The van der Waals surface area contributed by atoms with Gasteiger partial charge in [-0.25, -0.2) is 9.18 Å². The monoisotopic (exact) mass is 449 g/mol. The standard InChI is InChI=1S/C27H28FNO4/c1-3-32-13-14-33-27(31)24-17(2)29-22-15-19(18-9-5-4-6-10-18)16-23(30)26(22)25(24)20-11-7-8-12-21(20)28/h4-12,19,25,29H,3,13-16H2,1-2H3/t19-,25+/m0/s1. The van der Waals surface area contributed by atoms with Crippen LogP contribution in [0.15, 0.2) is 77.1 Å². The lowest BCUT2D eigenvalue weighted by Crippen LogP contribution is -2.36. The van der Waals surface area contributed by atoms with E-state index in [-0.39, 0.29) is 30.5 Å². The molecular weight excluding hydrogens is 421 g/mol. The summed E-state index contributed by atoms with van der Waals surface area (Å²) < 4.78 is 25.7. The fourth-order valence-electron chi connectivity index (χ4n) is 4.71. The van der Waals surface area contributed by atoms with Gasteiger partial charge in [-0.3, -0.25) is 4.79 Å². The maximum Gasteiger partial charge on any atom is 0.336 e. The van der Waals surface area contributed by atoms with Crippen LogP contribution in [-0.2, 0) is 19.1 Å². The number of allylic oxidation sites excluding steroid dienone is 3. The number of hydrogen-bond donors (Lipinski definition) is 1. The van der Waals surface area contributed by atoms with E-state index in [1.807, 2.05) is 37.3 Å². The highest BCUT2D eigenvalue weighted by Gasteiger charge is 2.42. The van der Waals surface area contributed by atoms with Gasteiger partial charge in [0.05, 0.1) is 18.1 Å². The van der Waals surface area contributed by atoms with Crippen molar-refractivity contribution < 1.29 is 23.5 Å². The molecule has 33 heavy (non-hydrogen) atoms. The third kappa shape index (κ3) is 4.76. The van der Waals surface area contributed by atoms with Crippen molar-refractivity contribution in [3.63, 3.8) is 0 Å². The van der Waals surface area contributed by atoms with Crippen molar-refractivity contribution in [3.05, 3.63) is 94.1 Å². The molecule has 0 fully saturated rings. The predicted octanol–water partition coefficient (Wildman–Crippen LogP) is 4.77. The van der Waals surface area contributed by atoms with E-state index in [1.165, 1.54) is 6.07 Å². The number of rotatable bonds is 7. The molecule has 0 spiro atoms. The number of dihydropyridines is 1. The second-order valence-corrected chi connectivity index (χ2v) is 8.28. The Labute approximate surface area is 193 Å². The van der Waals surface area contributed by atoms with E-state index in [2.05, 4.69) is 5.32 Å². The average Bonchev–Trinajstić information content (AvgIpc) is 2.81. The lowest BCUT2D eigenvalue weighted by atomic mass is 9.71. The van der Waals surface area contributed by atoms with Gasteiger partial charge in [0.25, 0.3) is 0 Å². The Hall–Kier alpha value is -3.25. The summed E-state index contributed by atoms with van der Waals surface area (Å²) in [6.07, 6.45) is 0.918. The largest absolute Gasteiger partial charge is 0.460 e. The number of nitrogens with one attached hydrogen (secondary N) is 1. The van der Waals surface area contributed by atoms with Gasteiger partial charge in [0.1, 0.15) is 12.4 Å². The van der Waals surface area contributed by atoms with Crippen LogP contribution in [0.4, 0.5) is 4.39 Å². The molecule has 0 aromatic heterocycles. The number of hydrogen-bond acceptors (Lipinski definition) is 5. The molecule has 2 aromatic carbocycles. The number of ketones is 1. The Kier molecular flexibility index (Phi) is 7.04. The van der Waals surface area contributed by atoms with Crippen LogP contribution in [0.25, 0.3) is 0 Å². The van der Waals surface area contributed by atoms with Crippen LogP contribution in [-0.4, -0.2) is 31.6 Å². The van der Waals surface area contributed by atoms with E-state index in [9.17, 15) is 14.0 Å². The molecule has 4 rings (SSSR count). The molecule has 2 aromatic rings. The Morgan fingerprint density at radius 2 is 1.79 bits per heavy atom. The maximum atomic E-state index is 15.0. The zero-order valence-electron chi connectivity index (χ0n) is 18.9. The predicted molar refractivity (Wildman–Crippen MR) is 123 cm³/mol. The minimum absolute atomic E-state index is 0.0266. The third-order valence-electron chi connectivity index (χ3n) is 6.20. The Balaban J connectivity index is 1.73. The van der Waals surface area contributed by atoms with E-state index in [1.54, 1.807) is 25.1 Å². The van der Waals surface area contributed by atoms with Crippen molar-refractivity contribution in [1.29, 1.82) is 0 Å². The van der Waals surface area contributed by atoms with Crippen molar-refractivity contribution in [3.8, 4) is 0 Å². The van der Waals surface area contributed by atoms with E-state index in [0.29, 0.717) is 36.3 Å². The fourth-order valence-corrected chi connectivity index (χ4v) is 4.71. The van der Waals surface area contributed by atoms with E-state index >= 15 is 0 Å². The molecule has 1 N–H and O–H groups in total. The quantitative estimate of drug-likeness (QED) is 0.487. The maximum absolute atomic E-state index is 15.0. The highest BCUT2D eigenvalue weighted by molar-refractivity contribution is 6.04. The van der Waals surface area contributed by atoms with Gasteiger partial charge in [0.2, 0.25) is 0 Å². The minimum atomic E-state index is -0.814. The van der Waals surface area contributed by atoms with Gasteiger partial charge in [-0.15, -0.1) is 0 Å².